The van der Waals surface area contributed by atoms with Gasteiger partial charge in [-0.3, -0.25) is 0 Å². The number of fused-ring (bicyclic) bond motifs is 1. The topological polar surface area (TPSA) is 32.7 Å². The summed E-state index contributed by atoms with van der Waals surface area (Å²) in [7, 11) is 1.90. The summed E-state index contributed by atoms with van der Waals surface area (Å²) in [6.45, 7) is 0.699. The van der Waals surface area contributed by atoms with Gasteiger partial charge in [-0.25, -0.2) is 0 Å². The molecular weight excluding hydrogens is 202 g/mol. The number of hydroxylamine groups is 2. The number of nitrogens with zero attached hydrogens (tertiary/aromatic N) is 1. The van der Waals surface area contributed by atoms with Crippen LogP contribution in [-0.2, 0) is 11.3 Å². The fourth-order valence-corrected chi connectivity index (χ4v) is 2.52. The Bertz CT molecular complexity index is 453. The molecule has 2 aliphatic rings. The van der Waals surface area contributed by atoms with Crippen LogP contribution in [0, 0.1) is 0 Å². The number of hydrogen-bond acceptors (Lipinski definition) is 3. The van der Waals surface area contributed by atoms with Gasteiger partial charge in [-0.05, 0) is 17.5 Å². The van der Waals surface area contributed by atoms with Gasteiger partial charge in [0.05, 0.1) is 6.54 Å². The maximum Gasteiger partial charge on any atom is 0.128 e. The summed E-state index contributed by atoms with van der Waals surface area (Å²) in [6, 6.07) is 8.10. The van der Waals surface area contributed by atoms with E-state index in [0.717, 1.165) is 29.7 Å². The summed E-state index contributed by atoms with van der Waals surface area (Å²) in [4.78, 5) is 5.60. The summed E-state index contributed by atoms with van der Waals surface area (Å²) in [6.07, 6.45) is 1.33. The van der Waals surface area contributed by atoms with Crippen LogP contribution < -0.4 is 0 Å². The predicted molar refractivity (Wildman–Crippen MR) is 60.5 cm³/mol. The van der Waals surface area contributed by atoms with Gasteiger partial charge in [-0.1, -0.05) is 24.3 Å². The van der Waals surface area contributed by atoms with E-state index in [1.165, 1.54) is 5.56 Å². The number of likely N-dealkylation sites (N-methyl/N-ethyl adjacent to an activating group) is 1. The van der Waals surface area contributed by atoms with Gasteiger partial charge in [-0.15, -0.1) is 5.06 Å². The summed E-state index contributed by atoms with van der Waals surface area (Å²) in [5.41, 5.74) is 3.29. The summed E-state index contributed by atoms with van der Waals surface area (Å²) in [5, 5.41) is 12.1. The van der Waals surface area contributed by atoms with Gasteiger partial charge in [0.1, 0.15) is 11.9 Å². The van der Waals surface area contributed by atoms with Crippen LogP contribution in [0.2, 0.25) is 0 Å². The Balaban J connectivity index is 2.04. The van der Waals surface area contributed by atoms with Crippen molar-refractivity contribution < 1.29 is 9.94 Å². The molecule has 0 aromatic heterocycles. The van der Waals surface area contributed by atoms with E-state index < -0.39 is 6.10 Å². The maximum absolute atomic E-state index is 10.4. The second-order valence-electron chi connectivity index (χ2n) is 4.43. The van der Waals surface area contributed by atoms with Crippen LogP contribution in [0.15, 0.2) is 35.6 Å². The van der Waals surface area contributed by atoms with Gasteiger partial charge in [0.15, 0.2) is 0 Å². The van der Waals surface area contributed by atoms with Crippen LogP contribution >= 0.6 is 0 Å². The lowest BCUT2D eigenvalue weighted by molar-refractivity contribution is -0.0700. The predicted octanol–water partition coefficient (Wildman–Crippen LogP) is 1.80. The molecule has 0 radical (unpaired) electrons. The average molecular weight is 217 g/mol. The fourth-order valence-electron chi connectivity index (χ4n) is 2.52. The maximum atomic E-state index is 10.4. The van der Waals surface area contributed by atoms with Crippen molar-refractivity contribution in [3.63, 3.8) is 0 Å². The third-order valence-corrected chi connectivity index (χ3v) is 3.32. The summed E-state index contributed by atoms with van der Waals surface area (Å²) < 4.78 is 0. The van der Waals surface area contributed by atoms with E-state index >= 15 is 0 Å². The highest BCUT2D eigenvalue weighted by molar-refractivity contribution is 5.38. The first kappa shape index (κ1) is 9.87. The molecule has 0 spiro atoms. The molecule has 1 aliphatic carbocycles. The van der Waals surface area contributed by atoms with E-state index in [-0.39, 0.29) is 0 Å². The first-order valence-electron chi connectivity index (χ1n) is 5.62. The Labute approximate surface area is 94.9 Å². The van der Waals surface area contributed by atoms with Crippen molar-refractivity contribution in [1.82, 2.24) is 5.06 Å². The van der Waals surface area contributed by atoms with Crippen LogP contribution in [-0.4, -0.2) is 23.8 Å². The molecule has 1 aliphatic heterocycles. The zero-order chi connectivity index (χ0) is 11.1. The van der Waals surface area contributed by atoms with Crippen molar-refractivity contribution in [2.45, 2.75) is 18.9 Å². The van der Waals surface area contributed by atoms with Crippen molar-refractivity contribution in [2.24, 2.45) is 0 Å². The van der Waals surface area contributed by atoms with E-state index in [0.29, 0.717) is 6.54 Å². The van der Waals surface area contributed by atoms with E-state index in [4.69, 9.17) is 4.84 Å². The van der Waals surface area contributed by atoms with E-state index in [1.54, 1.807) is 5.06 Å². The summed E-state index contributed by atoms with van der Waals surface area (Å²) in [5.74, 6) is 0.950. The molecule has 3 rings (SSSR count). The van der Waals surface area contributed by atoms with Gasteiger partial charge in [0, 0.05) is 19.0 Å². The second kappa shape index (κ2) is 3.61. The Kier molecular flexibility index (Phi) is 2.23. The molecule has 0 saturated carbocycles. The van der Waals surface area contributed by atoms with E-state index in [2.05, 4.69) is 6.07 Å². The molecule has 3 heteroatoms. The number of benzene rings is 1. The Morgan fingerprint density at radius 1 is 1.31 bits per heavy atom. The number of aliphatic hydroxyl groups excluding tert-OH is 1. The minimum absolute atomic E-state index is 0.501. The van der Waals surface area contributed by atoms with Crippen molar-refractivity contribution >= 4 is 0 Å². The molecule has 16 heavy (non-hydrogen) atoms. The molecule has 1 atom stereocenters. The summed E-state index contributed by atoms with van der Waals surface area (Å²) >= 11 is 0. The van der Waals surface area contributed by atoms with Gasteiger partial charge in [-0.2, -0.15) is 0 Å². The van der Waals surface area contributed by atoms with Crippen LogP contribution in [0.5, 0.6) is 0 Å². The highest BCUT2D eigenvalue weighted by atomic mass is 16.7. The van der Waals surface area contributed by atoms with Gasteiger partial charge < -0.3 is 9.94 Å². The zero-order valence-corrected chi connectivity index (χ0v) is 9.31. The van der Waals surface area contributed by atoms with E-state index in [1.807, 2.05) is 25.2 Å². The van der Waals surface area contributed by atoms with E-state index in [9.17, 15) is 5.11 Å². The molecule has 1 aromatic rings. The van der Waals surface area contributed by atoms with Crippen molar-refractivity contribution in [3.05, 3.63) is 46.7 Å². The first-order valence-corrected chi connectivity index (χ1v) is 5.62. The van der Waals surface area contributed by atoms with Crippen LogP contribution in [0.4, 0.5) is 0 Å². The third-order valence-electron chi connectivity index (χ3n) is 3.32. The monoisotopic (exact) mass is 217 g/mol. The molecule has 0 saturated heterocycles. The Hall–Kier alpha value is -1.32. The highest BCUT2D eigenvalue weighted by Gasteiger charge is 2.30. The molecule has 1 heterocycles. The first-order chi connectivity index (χ1) is 7.75. The quantitative estimate of drug-likeness (QED) is 0.719. The SMILES string of the molecule is CN1CC2=C(CCc3ccccc3C2O)O1. The largest absolute Gasteiger partial charge is 0.410 e. The third kappa shape index (κ3) is 1.44. The second-order valence-corrected chi connectivity index (χ2v) is 4.43. The van der Waals surface area contributed by atoms with Crippen molar-refractivity contribution in [1.29, 1.82) is 0 Å². The lowest BCUT2D eigenvalue weighted by atomic mass is 9.98. The van der Waals surface area contributed by atoms with Crippen LogP contribution in [0.25, 0.3) is 0 Å². The molecule has 1 N–H and O–H groups in total. The van der Waals surface area contributed by atoms with Gasteiger partial charge in [0.25, 0.3) is 0 Å². The van der Waals surface area contributed by atoms with Crippen molar-refractivity contribution in [2.75, 3.05) is 13.6 Å². The molecule has 0 bridgehead atoms. The highest BCUT2D eigenvalue weighted by Crippen LogP contribution is 2.36. The number of allylic oxidation sites excluding steroid dienone is 1. The number of aryl methyl sites for hydroxylation is 1. The number of rotatable bonds is 0. The minimum atomic E-state index is -0.501. The molecule has 1 unspecified atom stereocenters. The van der Waals surface area contributed by atoms with Gasteiger partial charge in [0.2, 0.25) is 0 Å². The molecule has 3 nitrogen and oxygen atoms in total. The number of aliphatic hydroxyl groups is 1. The lowest BCUT2D eigenvalue weighted by Gasteiger charge is -2.15. The van der Waals surface area contributed by atoms with Gasteiger partial charge >= 0.3 is 0 Å². The normalized spacial score (nSPS) is 24.8. The van der Waals surface area contributed by atoms with Crippen LogP contribution in [0.3, 0.4) is 0 Å². The molecule has 1 aromatic carbocycles. The smallest absolute Gasteiger partial charge is 0.128 e. The molecule has 0 fully saturated rings. The molecule has 0 amide bonds. The number of hydrogen-bond donors (Lipinski definition) is 1. The minimum Gasteiger partial charge on any atom is -0.410 e. The lowest BCUT2D eigenvalue weighted by Crippen LogP contribution is -2.15. The average Bonchev–Trinajstić information content (AvgIpc) is 2.62. The van der Waals surface area contributed by atoms with Crippen LogP contribution in [0.1, 0.15) is 23.7 Å². The fraction of sp³-hybridized carbons (Fsp3) is 0.385. The molecule has 84 valence electrons. The van der Waals surface area contributed by atoms with Crippen molar-refractivity contribution in [3.8, 4) is 0 Å². The standard InChI is InChI=1S/C13H15NO2/c1-14-8-11-12(16-14)7-6-9-4-2-3-5-10(9)13(11)15/h2-5,13,15H,6-8H2,1H3. The Morgan fingerprint density at radius 2 is 2.12 bits per heavy atom. The Morgan fingerprint density at radius 3 is 3.00 bits per heavy atom. The molecular formula is C13H15NO2. The zero-order valence-electron chi connectivity index (χ0n) is 9.31.